The van der Waals surface area contributed by atoms with Gasteiger partial charge in [0.2, 0.25) is 0 Å². The summed E-state index contributed by atoms with van der Waals surface area (Å²) in [5, 5.41) is 4.18. The summed E-state index contributed by atoms with van der Waals surface area (Å²) in [5.41, 5.74) is 6.70. The topological polar surface area (TPSA) is 12.0 Å². The third kappa shape index (κ3) is 3.88. The molecule has 2 rings (SSSR count). The van der Waals surface area contributed by atoms with E-state index in [9.17, 15) is 0 Å². The lowest BCUT2D eigenvalue weighted by atomic mass is 9.92. The van der Waals surface area contributed by atoms with E-state index < -0.39 is 0 Å². The Labute approximate surface area is 140 Å². The van der Waals surface area contributed by atoms with E-state index in [4.69, 9.17) is 11.6 Å². The van der Waals surface area contributed by atoms with Gasteiger partial charge in [-0.2, -0.15) is 0 Å². The molecule has 0 aliphatic carbocycles. The van der Waals surface area contributed by atoms with Crippen molar-refractivity contribution in [3.8, 4) is 0 Å². The number of hydrogen-bond acceptors (Lipinski definition) is 1. The van der Waals surface area contributed by atoms with Crippen LogP contribution in [0.3, 0.4) is 0 Å². The zero-order valence-corrected chi connectivity index (χ0v) is 15.3. The molecule has 0 heterocycles. The van der Waals surface area contributed by atoms with Crippen LogP contribution in [0.1, 0.15) is 33.9 Å². The average molecular weight is 367 g/mol. The molecule has 1 unspecified atom stereocenters. The molecule has 1 N–H and O–H groups in total. The Hall–Kier alpha value is -0.830. The highest BCUT2D eigenvalue weighted by Gasteiger charge is 2.16. The molecule has 0 bridgehead atoms. The fourth-order valence-corrected chi connectivity index (χ4v) is 3.85. The van der Waals surface area contributed by atoms with Crippen LogP contribution in [-0.4, -0.2) is 7.05 Å². The Morgan fingerprint density at radius 1 is 1.10 bits per heavy atom. The minimum absolute atomic E-state index is 0.261. The Kier molecular flexibility index (Phi) is 5.48. The average Bonchev–Trinajstić information content (AvgIpc) is 2.39. The van der Waals surface area contributed by atoms with Crippen LogP contribution < -0.4 is 5.32 Å². The molecule has 0 aliphatic rings. The minimum atomic E-state index is 0.261. The molecule has 1 atom stereocenters. The lowest BCUT2D eigenvalue weighted by Crippen LogP contribution is -2.20. The summed E-state index contributed by atoms with van der Waals surface area (Å²) in [7, 11) is 2.00. The number of aryl methyl sites for hydroxylation is 3. The first kappa shape index (κ1) is 16.5. The quantitative estimate of drug-likeness (QED) is 0.750. The summed E-state index contributed by atoms with van der Waals surface area (Å²) in [6, 6.07) is 10.8. The number of likely N-dealkylation sites (N-methyl/N-ethyl adjacent to an activating group) is 1. The van der Waals surface area contributed by atoms with Gasteiger partial charge in [0.25, 0.3) is 0 Å². The van der Waals surface area contributed by atoms with E-state index >= 15 is 0 Å². The molecule has 0 fully saturated rings. The molecule has 112 valence electrons. The second-order valence-electron chi connectivity index (χ2n) is 5.59. The predicted molar refractivity (Wildman–Crippen MR) is 95.3 cm³/mol. The molecule has 3 heteroatoms. The van der Waals surface area contributed by atoms with Gasteiger partial charge in [0, 0.05) is 15.5 Å². The van der Waals surface area contributed by atoms with Crippen molar-refractivity contribution in [2.75, 3.05) is 7.05 Å². The van der Waals surface area contributed by atoms with Gasteiger partial charge in [-0.1, -0.05) is 51.3 Å². The first-order valence-electron chi connectivity index (χ1n) is 7.11. The van der Waals surface area contributed by atoms with Crippen molar-refractivity contribution in [3.63, 3.8) is 0 Å². The molecule has 1 nitrogen and oxygen atoms in total. The summed E-state index contributed by atoms with van der Waals surface area (Å²) >= 11 is 9.67. The SMILES string of the molecule is CNC(Cc1c(C)cc(C)cc1C)c1ccc(Cl)cc1Br. The summed E-state index contributed by atoms with van der Waals surface area (Å²) in [4.78, 5) is 0. The van der Waals surface area contributed by atoms with E-state index in [0.717, 1.165) is 15.9 Å². The maximum atomic E-state index is 6.04. The molecule has 0 saturated carbocycles. The molecule has 0 aromatic heterocycles. The summed E-state index contributed by atoms with van der Waals surface area (Å²) in [6.45, 7) is 6.53. The second-order valence-corrected chi connectivity index (χ2v) is 6.88. The lowest BCUT2D eigenvalue weighted by molar-refractivity contribution is 0.587. The molecule has 0 radical (unpaired) electrons. The van der Waals surface area contributed by atoms with Gasteiger partial charge >= 0.3 is 0 Å². The number of benzene rings is 2. The number of hydrogen-bond donors (Lipinski definition) is 1. The molecule has 0 aliphatic heterocycles. The second kappa shape index (κ2) is 6.95. The maximum Gasteiger partial charge on any atom is 0.0417 e. The fraction of sp³-hybridized carbons (Fsp3) is 0.333. The van der Waals surface area contributed by atoms with Crippen LogP contribution in [0.15, 0.2) is 34.8 Å². The molecule has 0 saturated heterocycles. The van der Waals surface area contributed by atoms with Crippen LogP contribution in [0.2, 0.25) is 5.02 Å². The Morgan fingerprint density at radius 3 is 2.24 bits per heavy atom. The molecule has 2 aromatic carbocycles. The zero-order chi connectivity index (χ0) is 15.6. The maximum absolute atomic E-state index is 6.04. The minimum Gasteiger partial charge on any atom is -0.313 e. The number of rotatable bonds is 4. The number of nitrogens with one attached hydrogen (secondary N) is 1. The number of halogens is 2. The Bertz CT molecular complexity index is 629. The van der Waals surface area contributed by atoms with E-state index in [0.29, 0.717) is 0 Å². The van der Waals surface area contributed by atoms with Crippen LogP contribution in [0, 0.1) is 20.8 Å². The molecule has 0 spiro atoms. The Balaban J connectivity index is 2.36. The lowest BCUT2D eigenvalue weighted by Gasteiger charge is -2.21. The molecule has 0 amide bonds. The van der Waals surface area contributed by atoms with E-state index in [1.165, 1.54) is 27.8 Å². The van der Waals surface area contributed by atoms with Gasteiger partial charge in [0.05, 0.1) is 0 Å². The van der Waals surface area contributed by atoms with Gasteiger partial charge in [0.1, 0.15) is 0 Å². The zero-order valence-electron chi connectivity index (χ0n) is 12.9. The first-order chi connectivity index (χ1) is 9.92. The van der Waals surface area contributed by atoms with E-state index in [1.807, 2.05) is 19.2 Å². The Morgan fingerprint density at radius 2 is 1.71 bits per heavy atom. The third-order valence-electron chi connectivity index (χ3n) is 3.93. The van der Waals surface area contributed by atoms with Crippen LogP contribution in [0.5, 0.6) is 0 Å². The van der Waals surface area contributed by atoms with Gasteiger partial charge in [-0.3, -0.25) is 0 Å². The van der Waals surface area contributed by atoms with Crippen molar-refractivity contribution in [2.24, 2.45) is 0 Å². The van der Waals surface area contributed by atoms with Crippen molar-refractivity contribution < 1.29 is 0 Å². The van der Waals surface area contributed by atoms with Crippen LogP contribution in [0.4, 0.5) is 0 Å². The van der Waals surface area contributed by atoms with E-state index in [1.54, 1.807) is 0 Å². The highest BCUT2D eigenvalue weighted by molar-refractivity contribution is 9.10. The summed E-state index contributed by atoms with van der Waals surface area (Å²) in [5.74, 6) is 0. The van der Waals surface area contributed by atoms with Crippen molar-refractivity contribution >= 4 is 27.5 Å². The first-order valence-corrected chi connectivity index (χ1v) is 8.28. The van der Waals surface area contributed by atoms with Crippen molar-refractivity contribution in [1.82, 2.24) is 5.32 Å². The third-order valence-corrected chi connectivity index (χ3v) is 4.86. The summed E-state index contributed by atoms with van der Waals surface area (Å²) in [6.07, 6.45) is 0.967. The highest BCUT2D eigenvalue weighted by atomic mass is 79.9. The van der Waals surface area contributed by atoms with Gasteiger partial charge in [-0.05, 0) is 68.6 Å². The van der Waals surface area contributed by atoms with Gasteiger partial charge in [-0.15, -0.1) is 0 Å². The predicted octanol–water partition coefficient (Wildman–Crippen LogP) is 5.53. The van der Waals surface area contributed by atoms with Crippen LogP contribution in [0.25, 0.3) is 0 Å². The highest BCUT2D eigenvalue weighted by Crippen LogP contribution is 2.30. The monoisotopic (exact) mass is 365 g/mol. The smallest absolute Gasteiger partial charge is 0.0417 e. The van der Waals surface area contributed by atoms with Crippen LogP contribution >= 0.6 is 27.5 Å². The molecular weight excluding hydrogens is 346 g/mol. The van der Waals surface area contributed by atoms with Gasteiger partial charge < -0.3 is 5.32 Å². The fourth-order valence-electron chi connectivity index (χ4n) is 2.89. The van der Waals surface area contributed by atoms with Crippen molar-refractivity contribution in [2.45, 2.75) is 33.2 Å². The van der Waals surface area contributed by atoms with Gasteiger partial charge in [-0.25, -0.2) is 0 Å². The van der Waals surface area contributed by atoms with Crippen LogP contribution in [-0.2, 0) is 6.42 Å². The molecule has 21 heavy (non-hydrogen) atoms. The van der Waals surface area contributed by atoms with Gasteiger partial charge in [0.15, 0.2) is 0 Å². The van der Waals surface area contributed by atoms with E-state index in [2.05, 4.69) is 60.2 Å². The largest absolute Gasteiger partial charge is 0.313 e. The molecular formula is C18H21BrClN. The van der Waals surface area contributed by atoms with Crippen molar-refractivity contribution in [3.05, 3.63) is 67.6 Å². The van der Waals surface area contributed by atoms with E-state index in [-0.39, 0.29) is 6.04 Å². The standard InChI is InChI=1S/C18H21BrClN/c1-11-7-12(2)16(13(3)8-11)10-18(21-4)15-6-5-14(20)9-17(15)19/h5-9,18,21H,10H2,1-4H3. The molecule has 2 aromatic rings. The summed E-state index contributed by atoms with van der Waals surface area (Å²) < 4.78 is 1.05. The van der Waals surface area contributed by atoms with Crippen molar-refractivity contribution in [1.29, 1.82) is 0 Å². The normalized spacial score (nSPS) is 12.5.